The lowest BCUT2D eigenvalue weighted by Crippen LogP contribution is -2.49. The van der Waals surface area contributed by atoms with Gasteiger partial charge in [-0.2, -0.15) is 18.2 Å². The molecule has 3 rings (SSSR count). The number of nitrogens with one attached hydrogen (secondary N) is 1. The van der Waals surface area contributed by atoms with Crippen molar-refractivity contribution in [3.63, 3.8) is 0 Å². The molecule has 0 radical (unpaired) electrons. The number of carbonyl (C=O) groups is 2. The van der Waals surface area contributed by atoms with Crippen LogP contribution in [0.5, 0.6) is 5.75 Å². The smallest absolute Gasteiger partial charge is 0.437 e. The number of aromatic nitrogens is 2. The van der Waals surface area contributed by atoms with Crippen LogP contribution in [0, 0.1) is 0 Å². The van der Waals surface area contributed by atoms with E-state index in [0.717, 1.165) is 31.7 Å². The number of alkyl halides is 3. The minimum absolute atomic E-state index is 0.000721. The van der Waals surface area contributed by atoms with E-state index in [2.05, 4.69) is 27.4 Å². The van der Waals surface area contributed by atoms with Crippen LogP contribution in [0.2, 0.25) is 0 Å². The fourth-order valence-electron chi connectivity index (χ4n) is 5.09. The number of unbranched alkanes of at least 4 members (excludes halogenated alkanes) is 6. The molecule has 1 aromatic heterocycles. The van der Waals surface area contributed by atoms with E-state index in [0.29, 0.717) is 25.8 Å². The fraction of sp³-hybridized carbons (Fsp3) is 0.676. The Morgan fingerprint density at radius 2 is 1.67 bits per heavy atom. The highest BCUT2D eigenvalue weighted by Gasteiger charge is 2.36. The van der Waals surface area contributed by atoms with Crippen molar-refractivity contribution in [3.05, 3.63) is 29.7 Å². The number of piperidine rings is 1. The van der Waals surface area contributed by atoms with Crippen molar-refractivity contribution in [1.82, 2.24) is 20.4 Å². The first-order valence-corrected chi connectivity index (χ1v) is 16.7. The molecule has 2 aromatic rings. The quantitative estimate of drug-likeness (QED) is 0.140. The van der Waals surface area contributed by atoms with Gasteiger partial charge in [0.2, 0.25) is 17.7 Å². The summed E-state index contributed by atoms with van der Waals surface area (Å²) in [6.45, 7) is 13.2. The minimum atomic E-state index is -4.65. The molecule has 48 heavy (non-hydrogen) atoms. The van der Waals surface area contributed by atoms with Crippen molar-refractivity contribution in [3.8, 4) is 17.1 Å². The molecule has 1 saturated heterocycles. The normalized spacial score (nSPS) is 16.1. The first kappa shape index (κ1) is 38.6. The summed E-state index contributed by atoms with van der Waals surface area (Å²) < 4.78 is 63.9. The van der Waals surface area contributed by atoms with E-state index in [1.807, 2.05) is 0 Å². The number of ether oxygens (including phenoxy) is 3. The number of halogens is 3. The molecular formula is C34H50F3N5O6. The van der Waals surface area contributed by atoms with Crippen LogP contribution in [0.15, 0.2) is 27.7 Å². The lowest BCUT2D eigenvalue weighted by molar-refractivity contribution is -0.138. The molecule has 11 nitrogen and oxygen atoms in total. The second-order valence-electron chi connectivity index (χ2n) is 14.0. The van der Waals surface area contributed by atoms with Gasteiger partial charge in [-0.15, -0.1) is 4.99 Å². The summed E-state index contributed by atoms with van der Waals surface area (Å²) in [4.78, 5) is 35.3. The fourth-order valence-corrected chi connectivity index (χ4v) is 5.09. The second-order valence-corrected chi connectivity index (χ2v) is 14.0. The standard InChI is InChI=1S/C34H50F3N5O6/c1-8-9-10-11-12-13-14-20-45-26-18-17-23(21-25(26)34(35,36)37)27-38-28(48-41-27)24-16-15-19-42(22-24)29(39-30(43)46-32(2,3)4)40-31(44)47-33(5,6)7/h17-18,21,24H,8-16,19-20,22H2,1-7H3,(H,39,40,43,44)/t24-/m1/s1. The van der Waals surface area contributed by atoms with Gasteiger partial charge in [-0.05, 0) is 79.0 Å². The minimum Gasteiger partial charge on any atom is -0.493 e. The summed E-state index contributed by atoms with van der Waals surface area (Å²) in [6, 6.07) is 3.74. The first-order chi connectivity index (χ1) is 22.4. The molecule has 1 N–H and O–H groups in total. The third-order valence-electron chi connectivity index (χ3n) is 7.26. The van der Waals surface area contributed by atoms with Gasteiger partial charge in [0, 0.05) is 18.7 Å². The maximum Gasteiger partial charge on any atom is 0.437 e. The summed E-state index contributed by atoms with van der Waals surface area (Å²) in [6.07, 6.45) is 2.12. The van der Waals surface area contributed by atoms with E-state index in [9.17, 15) is 22.8 Å². The van der Waals surface area contributed by atoms with Gasteiger partial charge in [0.1, 0.15) is 17.0 Å². The van der Waals surface area contributed by atoms with Crippen LogP contribution in [0.3, 0.4) is 0 Å². The van der Waals surface area contributed by atoms with E-state index in [4.69, 9.17) is 18.7 Å². The summed E-state index contributed by atoms with van der Waals surface area (Å²) >= 11 is 0. The molecule has 1 aliphatic rings. The Balaban J connectivity index is 1.74. The average molecular weight is 682 g/mol. The van der Waals surface area contributed by atoms with Crippen LogP contribution < -0.4 is 10.1 Å². The highest BCUT2D eigenvalue weighted by molar-refractivity contribution is 5.99. The summed E-state index contributed by atoms with van der Waals surface area (Å²) in [5, 5.41) is 6.52. The molecule has 1 fully saturated rings. The molecule has 0 saturated carbocycles. The number of hydrogen-bond donors (Lipinski definition) is 1. The number of rotatable bonds is 11. The zero-order valence-electron chi connectivity index (χ0n) is 29.2. The van der Waals surface area contributed by atoms with E-state index < -0.39 is 35.1 Å². The number of guanidine groups is 1. The molecule has 1 aromatic carbocycles. The van der Waals surface area contributed by atoms with Gasteiger partial charge in [0.05, 0.1) is 18.1 Å². The zero-order valence-corrected chi connectivity index (χ0v) is 29.2. The predicted molar refractivity (Wildman–Crippen MR) is 175 cm³/mol. The molecule has 268 valence electrons. The van der Waals surface area contributed by atoms with Crippen LogP contribution in [0.25, 0.3) is 11.4 Å². The van der Waals surface area contributed by atoms with Gasteiger partial charge < -0.3 is 23.6 Å². The van der Waals surface area contributed by atoms with Gasteiger partial charge in [-0.25, -0.2) is 9.59 Å². The summed E-state index contributed by atoms with van der Waals surface area (Å²) in [5.74, 6) is -0.462. The number of carbonyl (C=O) groups excluding carboxylic acids is 2. The molecule has 14 heteroatoms. The third-order valence-corrected chi connectivity index (χ3v) is 7.26. The molecule has 0 aliphatic carbocycles. The van der Waals surface area contributed by atoms with Crippen LogP contribution in [0.4, 0.5) is 22.8 Å². The average Bonchev–Trinajstić information content (AvgIpc) is 3.46. The van der Waals surface area contributed by atoms with Gasteiger partial charge in [0.25, 0.3) is 0 Å². The van der Waals surface area contributed by atoms with Gasteiger partial charge in [-0.3, -0.25) is 5.32 Å². The number of alkyl carbamates (subject to hydrolysis) is 1. The number of likely N-dealkylation sites (tertiary alicyclic amines) is 1. The molecule has 1 atom stereocenters. The van der Waals surface area contributed by atoms with Gasteiger partial charge >= 0.3 is 18.4 Å². The highest BCUT2D eigenvalue weighted by Crippen LogP contribution is 2.39. The predicted octanol–water partition coefficient (Wildman–Crippen LogP) is 8.88. The van der Waals surface area contributed by atoms with E-state index in [1.165, 1.54) is 25.0 Å². The van der Waals surface area contributed by atoms with Gasteiger partial charge in [0.15, 0.2) is 0 Å². The Labute approximate surface area is 281 Å². The maximum atomic E-state index is 14.0. The molecule has 2 heterocycles. The Morgan fingerprint density at radius 1 is 1.00 bits per heavy atom. The largest absolute Gasteiger partial charge is 0.493 e. The van der Waals surface area contributed by atoms with Crippen LogP contribution in [-0.4, -0.2) is 64.1 Å². The van der Waals surface area contributed by atoms with Crippen molar-refractivity contribution in [2.45, 2.75) is 130 Å². The van der Waals surface area contributed by atoms with E-state index >= 15 is 0 Å². The number of benzene rings is 1. The first-order valence-electron chi connectivity index (χ1n) is 16.7. The summed E-state index contributed by atoms with van der Waals surface area (Å²) in [7, 11) is 0. The van der Waals surface area contributed by atoms with Gasteiger partial charge in [-0.1, -0.05) is 50.6 Å². The number of aliphatic imine (C=N–C) groups is 1. The van der Waals surface area contributed by atoms with E-state index in [1.54, 1.807) is 46.4 Å². The molecule has 1 aliphatic heterocycles. The Hall–Kier alpha value is -3.84. The summed E-state index contributed by atoms with van der Waals surface area (Å²) in [5.41, 5.74) is -2.39. The zero-order chi connectivity index (χ0) is 35.5. The van der Waals surface area contributed by atoms with Crippen molar-refractivity contribution >= 4 is 18.1 Å². The Kier molecular flexibility index (Phi) is 13.7. The van der Waals surface area contributed by atoms with Crippen LogP contribution in [-0.2, 0) is 15.7 Å². The van der Waals surface area contributed by atoms with Crippen molar-refractivity contribution in [2.24, 2.45) is 4.99 Å². The van der Waals surface area contributed by atoms with Crippen LogP contribution >= 0.6 is 0 Å². The molecule has 0 unspecified atom stereocenters. The van der Waals surface area contributed by atoms with Crippen molar-refractivity contribution < 1.29 is 41.5 Å². The Bertz CT molecular complexity index is 1380. The molecule has 2 amide bonds. The van der Waals surface area contributed by atoms with Crippen molar-refractivity contribution in [1.29, 1.82) is 0 Å². The SMILES string of the molecule is CCCCCCCCCOc1ccc(-c2noc([C@@H]3CCCN(C(=NC(=O)OC(C)(C)C)NC(=O)OC(C)(C)C)C3)n2)cc1C(F)(F)F. The number of hydrogen-bond acceptors (Lipinski definition) is 8. The lowest BCUT2D eigenvalue weighted by atomic mass is 9.98. The lowest BCUT2D eigenvalue weighted by Gasteiger charge is -2.33. The van der Waals surface area contributed by atoms with E-state index in [-0.39, 0.29) is 48.1 Å². The molecule has 0 bridgehead atoms. The van der Waals surface area contributed by atoms with Crippen LogP contribution in [0.1, 0.15) is 124 Å². The monoisotopic (exact) mass is 681 g/mol. The Morgan fingerprint density at radius 3 is 2.31 bits per heavy atom. The second kappa shape index (κ2) is 17.0. The topological polar surface area (TPSA) is 128 Å². The van der Waals surface area contributed by atoms with Crippen molar-refractivity contribution in [2.75, 3.05) is 19.7 Å². The third kappa shape index (κ3) is 13.0. The maximum absolute atomic E-state index is 14.0. The molecule has 0 spiro atoms. The number of nitrogens with zero attached hydrogens (tertiary/aromatic N) is 4. The number of amides is 2. The highest BCUT2D eigenvalue weighted by atomic mass is 19.4. The molecular weight excluding hydrogens is 631 g/mol.